The Morgan fingerprint density at radius 1 is 1.22 bits per heavy atom. The molecule has 0 aliphatic heterocycles. The summed E-state index contributed by atoms with van der Waals surface area (Å²) in [5, 5.41) is -2.62. The molecular weight excluding hydrogens is 439 g/mol. The standard InChI is InChI=1S/C22H19FN2O6S/c1-3-31-21(27)16-11-25(14-8-9-14)19-15(18(16)26)10-17(23)20(24-19)32(29,30)22(28)13-6-4-12(2)5-7-13/h4-7,10-11,14H,3,8-9H2,1-2H3. The van der Waals surface area contributed by atoms with Crippen LogP contribution in [-0.4, -0.2) is 35.7 Å². The number of carbonyl (C=O) groups is 2. The van der Waals surface area contributed by atoms with E-state index >= 15 is 0 Å². The fraction of sp³-hybridized carbons (Fsp3) is 0.273. The van der Waals surface area contributed by atoms with Crippen LogP contribution in [0.1, 0.15) is 52.1 Å². The van der Waals surface area contributed by atoms with Crippen LogP contribution in [-0.2, 0) is 14.6 Å². The Kier molecular flexibility index (Phi) is 5.41. The molecule has 8 nitrogen and oxygen atoms in total. The van der Waals surface area contributed by atoms with E-state index in [9.17, 15) is 27.2 Å². The van der Waals surface area contributed by atoms with Gasteiger partial charge in [-0.15, -0.1) is 0 Å². The largest absolute Gasteiger partial charge is 0.462 e. The number of halogens is 1. The van der Waals surface area contributed by atoms with Gasteiger partial charge in [0.25, 0.3) is 15.0 Å². The summed E-state index contributed by atoms with van der Waals surface area (Å²) in [5.41, 5.74) is -0.537. The molecule has 1 aliphatic carbocycles. The fourth-order valence-electron chi connectivity index (χ4n) is 3.34. The topological polar surface area (TPSA) is 112 Å². The molecule has 166 valence electrons. The SMILES string of the molecule is CCOC(=O)c1cn(C2CC2)c2nc(S(=O)(=O)C(=O)c3ccc(C)cc3)c(F)cc2c1=O. The summed E-state index contributed by atoms with van der Waals surface area (Å²) < 4.78 is 47.1. The molecular formula is C22H19FN2O6S. The van der Waals surface area contributed by atoms with Crippen LogP contribution in [0.15, 0.2) is 46.3 Å². The third-order valence-electron chi connectivity index (χ3n) is 5.15. The molecule has 0 saturated heterocycles. The Balaban J connectivity index is 1.91. The normalized spacial score (nSPS) is 13.8. The van der Waals surface area contributed by atoms with Gasteiger partial charge in [0, 0.05) is 17.8 Å². The van der Waals surface area contributed by atoms with Crippen LogP contribution in [0.3, 0.4) is 0 Å². The van der Waals surface area contributed by atoms with E-state index in [1.54, 1.807) is 26.0 Å². The quantitative estimate of drug-likeness (QED) is 0.540. The van der Waals surface area contributed by atoms with E-state index in [1.165, 1.54) is 22.9 Å². The number of esters is 1. The number of rotatable bonds is 5. The molecule has 0 N–H and O–H groups in total. The van der Waals surface area contributed by atoms with Crippen molar-refractivity contribution < 1.29 is 27.1 Å². The number of nitrogens with zero attached hydrogens (tertiary/aromatic N) is 2. The molecule has 0 unspecified atom stereocenters. The highest BCUT2D eigenvalue weighted by atomic mass is 32.2. The molecule has 0 radical (unpaired) electrons. The van der Waals surface area contributed by atoms with Gasteiger partial charge in [-0.25, -0.2) is 22.6 Å². The average Bonchev–Trinajstić information content (AvgIpc) is 3.59. The monoisotopic (exact) mass is 458 g/mol. The summed E-state index contributed by atoms with van der Waals surface area (Å²) in [4.78, 5) is 41.6. The van der Waals surface area contributed by atoms with E-state index in [4.69, 9.17) is 4.74 Å². The summed E-state index contributed by atoms with van der Waals surface area (Å²) >= 11 is 0. The Hall–Kier alpha value is -3.40. The van der Waals surface area contributed by atoms with Gasteiger partial charge < -0.3 is 9.30 Å². The number of benzene rings is 1. The van der Waals surface area contributed by atoms with Gasteiger partial charge >= 0.3 is 5.97 Å². The number of hydrogen-bond acceptors (Lipinski definition) is 7. The second-order valence-corrected chi connectivity index (χ2v) is 9.30. The first-order chi connectivity index (χ1) is 15.1. The number of aryl methyl sites for hydroxylation is 1. The average molecular weight is 458 g/mol. The third-order valence-corrected chi connectivity index (χ3v) is 6.67. The van der Waals surface area contributed by atoms with E-state index in [0.29, 0.717) is 18.9 Å². The van der Waals surface area contributed by atoms with Crippen molar-refractivity contribution in [2.24, 2.45) is 0 Å². The van der Waals surface area contributed by atoms with Gasteiger partial charge in [-0.05, 0) is 32.8 Å². The van der Waals surface area contributed by atoms with E-state index in [-0.39, 0.29) is 34.8 Å². The second-order valence-electron chi connectivity index (χ2n) is 7.53. The lowest BCUT2D eigenvalue weighted by Crippen LogP contribution is -2.23. The van der Waals surface area contributed by atoms with Crippen molar-refractivity contribution >= 4 is 32.0 Å². The van der Waals surface area contributed by atoms with Crippen LogP contribution in [0.4, 0.5) is 4.39 Å². The highest BCUT2D eigenvalue weighted by Crippen LogP contribution is 2.37. The maximum atomic E-state index is 14.9. The predicted molar refractivity (Wildman–Crippen MR) is 113 cm³/mol. The maximum Gasteiger partial charge on any atom is 0.343 e. The van der Waals surface area contributed by atoms with Crippen LogP contribution in [0.25, 0.3) is 11.0 Å². The zero-order valence-electron chi connectivity index (χ0n) is 17.3. The minimum atomic E-state index is -4.83. The van der Waals surface area contributed by atoms with Crippen LogP contribution in [0.5, 0.6) is 0 Å². The molecule has 2 aromatic heterocycles. The van der Waals surface area contributed by atoms with Crippen LogP contribution in [0.2, 0.25) is 0 Å². The van der Waals surface area contributed by atoms with Crippen molar-refractivity contribution in [3.05, 3.63) is 69.3 Å². The Labute approximate surface area is 182 Å². The Bertz CT molecular complexity index is 1420. The zero-order valence-corrected chi connectivity index (χ0v) is 18.1. The highest BCUT2D eigenvalue weighted by Gasteiger charge is 2.34. The van der Waals surface area contributed by atoms with Gasteiger partial charge in [0.15, 0.2) is 5.82 Å². The summed E-state index contributed by atoms with van der Waals surface area (Å²) in [5.74, 6) is -2.21. The molecule has 0 amide bonds. The van der Waals surface area contributed by atoms with Gasteiger partial charge in [0.1, 0.15) is 11.2 Å². The Morgan fingerprint density at radius 2 is 1.88 bits per heavy atom. The molecule has 10 heteroatoms. The van der Waals surface area contributed by atoms with Crippen LogP contribution >= 0.6 is 0 Å². The number of aromatic nitrogens is 2. The van der Waals surface area contributed by atoms with Gasteiger partial charge in [-0.2, -0.15) is 0 Å². The minimum absolute atomic E-state index is 0.0463. The number of fused-ring (bicyclic) bond motifs is 1. The van der Waals surface area contributed by atoms with E-state index < -0.39 is 37.2 Å². The maximum absolute atomic E-state index is 14.9. The van der Waals surface area contributed by atoms with E-state index in [2.05, 4.69) is 4.98 Å². The lowest BCUT2D eigenvalue weighted by molar-refractivity contribution is 0.0524. The molecule has 1 aliphatic rings. The van der Waals surface area contributed by atoms with E-state index in [0.717, 1.165) is 5.56 Å². The van der Waals surface area contributed by atoms with E-state index in [1.807, 2.05) is 0 Å². The van der Waals surface area contributed by atoms with Gasteiger partial charge in [0.05, 0.1) is 12.0 Å². The lowest BCUT2D eigenvalue weighted by Gasteiger charge is -2.13. The Morgan fingerprint density at radius 3 is 2.47 bits per heavy atom. The molecule has 1 saturated carbocycles. The first kappa shape index (κ1) is 21.8. The fourth-order valence-corrected chi connectivity index (χ4v) is 4.48. The van der Waals surface area contributed by atoms with Gasteiger partial charge in [0.2, 0.25) is 10.5 Å². The van der Waals surface area contributed by atoms with Crippen molar-refractivity contribution in [1.82, 2.24) is 9.55 Å². The first-order valence-electron chi connectivity index (χ1n) is 9.93. The molecule has 3 aromatic rings. The molecule has 2 heterocycles. The predicted octanol–water partition coefficient (Wildman–Crippen LogP) is 2.97. The highest BCUT2D eigenvalue weighted by molar-refractivity contribution is 8.06. The van der Waals surface area contributed by atoms with Gasteiger partial charge in [-0.3, -0.25) is 9.59 Å². The van der Waals surface area contributed by atoms with Gasteiger partial charge in [-0.1, -0.05) is 29.8 Å². The molecule has 1 fully saturated rings. The number of carbonyl (C=O) groups excluding carboxylic acids is 2. The van der Waals surface area contributed by atoms with Crippen LogP contribution < -0.4 is 5.43 Å². The van der Waals surface area contributed by atoms with Crippen molar-refractivity contribution in [3.8, 4) is 0 Å². The van der Waals surface area contributed by atoms with Crippen molar-refractivity contribution in [3.63, 3.8) is 0 Å². The number of hydrogen-bond donors (Lipinski definition) is 0. The lowest BCUT2D eigenvalue weighted by atomic mass is 10.2. The summed E-state index contributed by atoms with van der Waals surface area (Å²) in [6.07, 6.45) is 2.68. The molecule has 4 rings (SSSR count). The molecule has 0 atom stereocenters. The third kappa shape index (κ3) is 3.70. The molecule has 32 heavy (non-hydrogen) atoms. The molecule has 0 bridgehead atoms. The smallest absolute Gasteiger partial charge is 0.343 e. The van der Waals surface area contributed by atoms with Crippen LogP contribution in [0, 0.1) is 12.7 Å². The summed E-state index contributed by atoms with van der Waals surface area (Å²) in [6, 6.07) is 6.37. The molecule has 1 aromatic carbocycles. The number of ether oxygens (including phenoxy) is 1. The summed E-state index contributed by atoms with van der Waals surface area (Å²) in [7, 11) is -4.83. The number of sulfone groups is 1. The first-order valence-corrected chi connectivity index (χ1v) is 11.4. The van der Waals surface area contributed by atoms with Crippen molar-refractivity contribution in [2.75, 3.05) is 6.61 Å². The molecule has 0 spiro atoms. The minimum Gasteiger partial charge on any atom is -0.462 e. The summed E-state index contributed by atoms with van der Waals surface area (Å²) in [6.45, 7) is 3.40. The second kappa shape index (κ2) is 7.94. The number of pyridine rings is 2. The van der Waals surface area contributed by atoms with Crippen molar-refractivity contribution in [1.29, 1.82) is 0 Å². The van der Waals surface area contributed by atoms with Crippen molar-refractivity contribution in [2.45, 2.75) is 37.8 Å². The zero-order chi connectivity index (χ0) is 23.2.